The molecule has 0 aromatic heterocycles. The predicted octanol–water partition coefficient (Wildman–Crippen LogP) is 3.06. The fourth-order valence-electron chi connectivity index (χ4n) is 3.67. The molecule has 80 valence electrons. The summed E-state index contributed by atoms with van der Waals surface area (Å²) in [5.41, 5.74) is 3.42. The zero-order valence-corrected chi connectivity index (χ0v) is 9.64. The van der Waals surface area contributed by atoms with E-state index in [2.05, 4.69) is 13.0 Å². The summed E-state index contributed by atoms with van der Waals surface area (Å²) in [6, 6.07) is 6.19. The van der Waals surface area contributed by atoms with Gasteiger partial charge in [-0.25, -0.2) is 0 Å². The molecule has 0 atom stereocenters. The van der Waals surface area contributed by atoms with Crippen molar-refractivity contribution in [2.24, 2.45) is 5.41 Å². The van der Waals surface area contributed by atoms with Gasteiger partial charge in [-0.3, -0.25) is 0 Å². The van der Waals surface area contributed by atoms with E-state index in [-0.39, 0.29) is 5.41 Å². The summed E-state index contributed by atoms with van der Waals surface area (Å²) in [6.45, 7) is 2.49. The number of hydrogen-bond donors (Lipinski definition) is 1. The first-order valence-corrected chi connectivity index (χ1v) is 5.85. The molecule has 0 aliphatic heterocycles. The molecule has 1 aromatic rings. The number of aryl methyl sites for hydroxylation is 1. The average molecular weight is 223 g/mol. The Hall–Kier alpha value is -0.530. The smallest absolute Gasteiger partial charge is 0.0488 e. The Morgan fingerprint density at radius 3 is 2.53 bits per heavy atom. The molecule has 0 heterocycles. The third-order valence-electron chi connectivity index (χ3n) is 4.24. The zero-order chi connectivity index (χ0) is 10.7. The molecule has 3 fully saturated rings. The van der Waals surface area contributed by atoms with Crippen LogP contribution < -0.4 is 0 Å². The van der Waals surface area contributed by atoms with Gasteiger partial charge in [0.25, 0.3) is 0 Å². The van der Waals surface area contributed by atoms with Crippen LogP contribution in [0.25, 0.3) is 0 Å². The lowest BCUT2D eigenvalue weighted by Crippen LogP contribution is -2.66. The Bertz CT molecular complexity index is 405. The fourth-order valence-corrected chi connectivity index (χ4v) is 3.90. The van der Waals surface area contributed by atoms with Crippen LogP contribution in [-0.2, 0) is 5.41 Å². The van der Waals surface area contributed by atoms with Gasteiger partial charge in [0.1, 0.15) is 0 Å². The van der Waals surface area contributed by atoms with Gasteiger partial charge >= 0.3 is 0 Å². The molecule has 1 aromatic carbocycles. The third kappa shape index (κ3) is 1.14. The second-order valence-electron chi connectivity index (χ2n) is 5.43. The molecule has 3 aliphatic carbocycles. The average Bonchev–Trinajstić information content (AvgIpc) is 2.04. The standard InChI is InChI=1S/C13H15ClO/c1-9-4-10(14)2-3-11(9)13-5-12(6-13,7-13)8-15/h2-4,15H,5-8H2,1H3. The lowest BCUT2D eigenvalue weighted by Gasteiger charge is -2.71. The van der Waals surface area contributed by atoms with Crippen LogP contribution in [0, 0.1) is 12.3 Å². The summed E-state index contributed by atoms with van der Waals surface area (Å²) in [5, 5.41) is 10.1. The van der Waals surface area contributed by atoms with Crippen molar-refractivity contribution in [3.05, 3.63) is 34.3 Å². The van der Waals surface area contributed by atoms with E-state index in [0.29, 0.717) is 12.0 Å². The van der Waals surface area contributed by atoms with Gasteiger partial charge in [0, 0.05) is 11.6 Å². The highest BCUT2D eigenvalue weighted by atomic mass is 35.5. The van der Waals surface area contributed by atoms with Gasteiger partial charge < -0.3 is 5.11 Å². The van der Waals surface area contributed by atoms with Crippen molar-refractivity contribution in [1.82, 2.24) is 0 Å². The highest BCUT2D eigenvalue weighted by Gasteiger charge is 2.67. The molecule has 0 saturated heterocycles. The minimum absolute atomic E-state index is 0.284. The van der Waals surface area contributed by atoms with Crippen molar-refractivity contribution < 1.29 is 5.11 Å². The second-order valence-corrected chi connectivity index (χ2v) is 5.86. The summed E-state index contributed by atoms with van der Waals surface area (Å²) < 4.78 is 0. The van der Waals surface area contributed by atoms with Gasteiger partial charge in [0.15, 0.2) is 0 Å². The minimum atomic E-state index is 0.284. The van der Waals surface area contributed by atoms with Crippen LogP contribution in [0.4, 0.5) is 0 Å². The van der Waals surface area contributed by atoms with E-state index in [9.17, 15) is 5.11 Å². The van der Waals surface area contributed by atoms with Crippen LogP contribution in [-0.4, -0.2) is 11.7 Å². The van der Waals surface area contributed by atoms with Crippen LogP contribution in [0.15, 0.2) is 18.2 Å². The molecule has 0 spiro atoms. The first-order chi connectivity index (χ1) is 7.09. The molecule has 2 heteroatoms. The van der Waals surface area contributed by atoms with Crippen LogP contribution in [0.3, 0.4) is 0 Å². The number of benzene rings is 1. The lowest BCUT2D eigenvalue weighted by atomic mass is 9.33. The quantitative estimate of drug-likeness (QED) is 0.816. The van der Waals surface area contributed by atoms with Gasteiger partial charge in [0.2, 0.25) is 0 Å². The summed E-state index contributed by atoms with van der Waals surface area (Å²) in [6.07, 6.45) is 3.50. The first-order valence-electron chi connectivity index (χ1n) is 5.47. The number of aliphatic hydroxyl groups excluding tert-OH is 1. The highest BCUT2D eigenvalue weighted by molar-refractivity contribution is 6.30. The van der Waals surface area contributed by atoms with Crippen molar-refractivity contribution in [1.29, 1.82) is 0 Å². The number of halogens is 1. The van der Waals surface area contributed by atoms with Gasteiger partial charge in [-0.15, -0.1) is 0 Å². The Labute approximate surface area is 95.1 Å². The largest absolute Gasteiger partial charge is 0.396 e. The van der Waals surface area contributed by atoms with E-state index in [4.69, 9.17) is 11.6 Å². The van der Waals surface area contributed by atoms with Crippen LogP contribution in [0.5, 0.6) is 0 Å². The molecule has 2 bridgehead atoms. The van der Waals surface area contributed by atoms with Crippen molar-refractivity contribution in [2.75, 3.05) is 6.61 Å². The van der Waals surface area contributed by atoms with Crippen LogP contribution in [0.2, 0.25) is 5.02 Å². The highest BCUT2D eigenvalue weighted by Crippen LogP contribution is 2.73. The van der Waals surface area contributed by atoms with Gasteiger partial charge in [-0.1, -0.05) is 17.7 Å². The second kappa shape index (κ2) is 2.78. The molecule has 1 nitrogen and oxygen atoms in total. The van der Waals surface area contributed by atoms with Gasteiger partial charge in [-0.2, -0.15) is 0 Å². The molecular formula is C13H15ClO. The summed E-state index contributed by atoms with van der Waals surface area (Å²) in [7, 11) is 0. The molecule has 15 heavy (non-hydrogen) atoms. The Morgan fingerprint density at radius 2 is 2.00 bits per heavy atom. The predicted molar refractivity (Wildman–Crippen MR) is 61.2 cm³/mol. The van der Waals surface area contributed by atoms with Crippen molar-refractivity contribution in [3.8, 4) is 0 Å². The van der Waals surface area contributed by atoms with Crippen molar-refractivity contribution in [2.45, 2.75) is 31.6 Å². The monoisotopic (exact) mass is 222 g/mol. The van der Waals surface area contributed by atoms with E-state index in [0.717, 1.165) is 5.02 Å². The third-order valence-corrected chi connectivity index (χ3v) is 4.47. The maximum Gasteiger partial charge on any atom is 0.0488 e. The van der Waals surface area contributed by atoms with Gasteiger partial charge in [0.05, 0.1) is 0 Å². The Morgan fingerprint density at radius 1 is 1.33 bits per heavy atom. The molecule has 4 rings (SSSR count). The summed E-state index contributed by atoms with van der Waals surface area (Å²) in [4.78, 5) is 0. The molecular weight excluding hydrogens is 208 g/mol. The normalized spacial score (nSPS) is 37.0. The number of hydrogen-bond acceptors (Lipinski definition) is 1. The molecule has 0 radical (unpaired) electrons. The molecule has 0 unspecified atom stereocenters. The van der Waals surface area contributed by atoms with Crippen molar-refractivity contribution in [3.63, 3.8) is 0 Å². The summed E-state index contributed by atoms with van der Waals surface area (Å²) in [5.74, 6) is 0. The van der Waals surface area contributed by atoms with Crippen LogP contribution >= 0.6 is 11.6 Å². The molecule has 3 aliphatic rings. The van der Waals surface area contributed by atoms with E-state index in [1.807, 2.05) is 12.1 Å². The Balaban J connectivity index is 1.91. The van der Waals surface area contributed by atoms with Gasteiger partial charge in [-0.05, 0) is 60.3 Å². The SMILES string of the molecule is Cc1cc(Cl)ccc1C12CC(CO)(C1)C2. The molecule has 1 N–H and O–H groups in total. The summed E-state index contributed by atoms with van der Waals surface area (Å²) >= 11 is 5.96. The van der Waals surface area contributed by atoms with Crippen LogP contribution in [0.1, 0.15) is 30.4 Å². The molecule has 0 amide bonds. The number of rotatable bonds is 2. The lowest BCUT2D eigenvalue weighted by molar-refractivity contribution is -0.168. The number of aliphatic hydroxyl groups is 1. The van der Waals surface area contributed by atoms with E-state index < -0.39 is 0 Å². The van der Waals surface area contributed by atoms with Crippen molar-refractivity contribution >= 4 is 11.6 Å². The van der Waals surface area contributed by atoms with E-state index in [1.54, 1.807) is 0 Å². The first kappa shape index (κ1) is 9.68. The fraction of sp³-hybridized carbons (Fsp3) is 0.538. The Kier molecular flexibility index (Phi) is 1.79. The maximum atomic E-state index is 9.24. The van der Waals surface area contributed by atoms with E-state index >= 15 is 0 Å². The maximum absolute atomic E-state index is 9.24. The van der Waals surface area contributed by atoms with E-state index in [1.165, 1.54) is 30.4 Å². The molecule has 3 saturated carbocycles. The topological polar surface area (TPSA) is 20.2 Å². The minimum Gasteiger partial charge on any atom is -0.396 e. The zero-order valence-electron chi connectivity index (χ0n) is 8.89.